The molecule has 1 aromatic heterocycles. The third-order valence-corrected chi connectivity index (χ3v) is 5.15. The summed E-state index contributed by atoms with van der Waals surface area (Å²) in [6.45, 7) is 4.95. The van der Waals surface area contributed by atoms with E-state index in [9.17, 15) is 0 Å². The molecule has 2 heterocycles. The molecule has 3 rings (SSSR count). The Kier molecular flexibility index (Phi) is 4.67. The molecule has 1 aliphatic rings. The zero-order valence-electron chi connectivity index (χ0n) is 12.1. The van der Waals surface area contributed by atoms with Crippen LogP contribution in [0.5, 0.6) is 11.5 Å². The van der Waals surface area contributed by atoms with Crippen molar-refractivity contribution >= 4 is 23.1 Å². The van der Waals surface area contributed by atoms with Crippen molar-refractivity contribution in [2.75, 3.05) is 19.5 Å². The highest BCUT2D eigenvalue weighted by Crippen LogP contribution is 2.36. The van der Waals surface area contributed by atoms with Crippen molar-refractivity contribution in [2.24, 2.45) is 0 Å². The molecule has 0 spiro atoms. The first-order chi connectivity index (χ1) is 10.3. The van der Waals surface area contributed by atoms with Gasteiger partial charge in [0, 0.05) is 22.9 Å². The van der Waals surface area contributed by atoms with E-state index in [1.807, 2.05) is 12.4 Å². The van der Waals surface area contributed by atoms with Crippen LogP contribution in [0.15, 0.2) is 22.5 Å². The number of thioether (sulfide) groups is 1. The molecule has 2 aromatic rings. The molecule has 0 saturated heterocycles. The van der Waals surface area contributed by atoms with Gasteiger partial charge >= 0.3 is 0 Å². The first-order valence-corrected chi connectivity index (χ1v) is 8.94. The molecule has 0 fully saturated rings. The molecule has 0 atom stereocenters. The van der Waals surface area contributed by atoms with Gasteiger partial charge in [-0.25, -0.2) is 4.98 Å². The van der Waals surface area contributed by atoms with Gasteiger partial charge in [0.05, 0.1) is 11.2 Å². The Hall–Kier alpha value is -1.24. The topological polar surface area (TPSA) is 43.4 Å². The standard InChI is InChI=1S/C15H18N2O2S2/c1-10-15(21-9-17-10)8-16-7-11-5-12-13(6-14(11)20-2)19-4-3-18-12/h5-6,9,16H,3-4,7-8H2,1-2H3. The van der Waals surface area contributed by atoms with E-state index in [-0.39, 0.29) is 0 Å². The summed E-state index contributed by atoms with van der Waals surface area (Å²) in [6.07, 6.45) is 2.09. The molecule has 0 aliphatic carbocycles. The molecular formula is C15H18N2O2S2. The van der Waals surface area contributed by atoms with E-state index in [0.29, 0.717) is 13.2 Å². The van der Waals surface area contributed by atoms with Crippen LogP contribution in [0.25, 0.3) is 0 Å². The van der Waals surface area contributed by atoms with Gasteiger partial charge in [-0.2, -0.15) is 0 Å². The number of hydrogen-bond acceptors (Lipinski definition) is 6. The Morgan fingerprint density at radius 1 is 1.24 bits per heavy atom. The highest BCUT2D eigenvalue weighted by Gasteiger charge is 2.15. The number of aryl methyl sites for hydroxylation is 1. The molecule has 1 aliphatic heterocycles. The number of benzene rings is 1. The number of nitrogens with one attached hydrogen (secondary N) is 1. The average Bonchev–Trinajstić information content (AvgIpc) is 2.92. The first-order valence-electron chi connectivity index (χ1n) is 6.84. The second-order valence-corrected chi connectivity index (χ2v) is 6.56. The van der Waals surface area contributed by atoms with Gasteiger partial charge in [-0.1, -0.05) is 0 Å². The van der Waals surface area contributed by atoms with Gasteiger partial charge in [-0.3, -0.25) is 0 Å². The number of thiazole rings is 1. The van der Waals surface area contributed by atoms with Crippen LogP contribution >= 0.6 is 23.1 Å². The lowest BCUT2D eigenvalue weighted by molar-refractivity contribution is 0.171. The normalized spacial score (nSPS) is 13.4. The van der Waals surface area contributed by atoms with Crippen molar-refractivity contribution in [3.63, 3.8) is 0 Å². The SMILES string of the molecule is CSc1cc2c(cc1CNCc1scnc1C)OCCO2. The highest BCUT2D eigenvalue weighted by atomic mass is 32.2. The van der Waals surface area contributed by atoms with Gasteiger partial charge in [0.2, 0.25) is 0 Å². The summed E-state index contributed by atoms with van der Waals surface area (Å²) in [5.41, 5.74) is 4.25. The maximum absolute atomic E-state index is 5.66. The minimum absolute atomic E-state index is 0.624. The maximum atomic E-state index is 5.66. The molecule has 1 N–H and O–H groups in total. The smallest absolute Gasteiger partial charge is 0.162 e. The summed E-state index contributed by atoms with van der Waals surface area (Å²) in [5.74, 6) is 1.71. The van der Waals surface area contributed by atoms with Crippen LogP contribution in [0.3, 0.4) is 0 Å². The van der Waals surface area contributed by atoms with Crippen LogP contribution in [-0.2, 0) is 13.1 Å². The van der Waals surface area contributed by atoms with Crippen molar-refractivity contribution < 1.29 is 9.47 Å². The predicted octanol–water partition coefficient (Wildman–Crippen LogP) is 3.23. The molecule has 0 amide bonds. The van der Waals surface area contributed by atoms with E-state index in [2.05, 4.69) is 28.7 Å². The minimum Gasteiger partial charge on any atom is -0.486 e. The largest absolute Gasteiger partial charge is 0.486 e. The second-order valence-electron chi connectivity index (χ2n) is 4.77. The summed E-state index contributed by atoms with van der Waals surface area (Å²) in [5, 5.41) is 3.49. The Balaban J connectivity index is 1.70. The second kappa shape index (κ2) is 6.68. The number of nitrogens with zero attached hydrogens (tertiary/aromatic N) is 1. The quantitative estimate of drug-likeness (QED) is 0.856. The van der Waals surface area contributed by atoms with Crippen LogP contribution in [0.1, 0.15) is 16.1 Å². The number of rotatable bonds is 5. The summed E-state index contributed by atoms with van der Waals surface area (Å²) in [7, 11) is 0. The fourth-order valence-corrected chi connectivity index (χ4v) is 3.61. The number of aromatic nitrogens is 1. The summed E-state index contributed by atoms with van der Waals surface area (Å²) in [4.78, 5) is 6.79. The molecule has 6 heteroatoms. The van der Waals surface area contributed by atoms with E-state index >= 15 is 0 Å². The maximum Gasteiger partial charge on any atom is 0.162 e. The first kappa shape index (κ1) is 14.7. The zero-order chi connectivity index (χ0) is 14.7. The predicted molar refractivity (Wildman–Crippen MR) is 86.6 cm³/mol. The number of hydrogen-bond donors (Lipinski definition) is 1. The lowest BCUT2D eigenvalue weighted by atomic mass is 10.2. The van der Waals surface area contributed by atoms with Gasteiger partial charge in [0.1, 0.15) is 13.2 Å². The van der Waals surface area contributed by atoms with E-state index in [4.69, 9.17) is 9.47 Å². The highest BCUT2D eigenvalue weighted by molar-refractivity contribution is 7.98. The molecular weight excluding hydrogens is 304 g/mol. The van der Waals surface area contributed by atoms with Crippen LogP contribution in [0, 0.1) is 6.92 Å². The summed E-state index contributed by atoms with van der Waals surface area (Å²) in [6, 6.07) is 4.17. The van der Waals surface area contributed by atoms with Gasteiger partial charge in [-0.15, -0.1) is 23.1 Å². The van der Waals surface area contributed by atoms with Crippen molar-refractivity contribution in [1.82, 2.24) is 10.3 Å². The average molecular weight is 322 g/mol. The van der Waals surface area contributed by atoms with Crippen LogP contribution in [0.2, 0.25) is 0 Å². The van der Waals surface area contributed by atoms with E-state index < -0.39 is 0 Å². The molecule has 0 saturated carbocycles. The van der Waals surface area contributed by atoms with Crippen LogP contribution in [-0.4, -0.2) is 24.5 Å². The number of ether oxygens (including phenoxy) is 2. The Morgan fingerprint density at radius 2 is 2.00 bits per heavy atom. The van der Waals surface area contributed by atoms with Crippen LogP contribution < -0.4 is 14.8 Å². The van der Waals surface area contributed by atoms with Crippen molar-refractivity contribution in [3.8, 4) is 11.5 Å². The fraction of sp³-hybridized carbons (Fsp3) is 0.400. The van der Waals surface area contributed by atoms with Gasteiger partial charge in [-0.05, 0) is 30.9 Å². The molecule has 0 radical (unpaired) electrons. The van der Waals surface area contributed by atoms with Crippen molar-refractivity contribution in [2.45, 2.75) is 24.9 Å². The molecule has 4 nitrogen and oxygen atoms in total. The van der Waals surface area contributed by atoms with Gasteiger partial charge in [0.15, 0.2) is 11.5 Å². The molecule has 1 aromatic carbocycles. The van der Waals surface area contributed by atoms with E-state index in [1.165, 1.54) is 15.3 Å². The molecule has 112 valence electrons. The third kappa shape index (κ3) is 3.33. The van der Waals surface area contributed by atoms with Crippen molar-refractivity contribution in [3.05, 3.63) is 33.8 Å². The summed E-state index contributed by atoms with van der Waals surface area (Å²) >= 11 is 3.43. The lowest BCUT2D eigenvalue weighted by Crippen LogP contribution is -2.17. The molecule has 0 bridgehead atoms. The van der Waals surface area contributed by atoms with E-state index in [0.717, 1.165) is 30.3 Å². The molecule has 0 unspecified atom stereocenters. The Morgan fingerprint density at radius 3 is 2.67 bits per heavy atom. The zero-order valence-corrected chi connectivity index (χ0v) is 13.8. The van der Waals surface area contributed by atoms with Gasteiger partial charge in [0.25, 0.3) is 0 Å². The Bertz CT molecular complexity index is 628. The monoisotopic (exact) mass is 322 g/mol. The third-order valence-electron chi connectivity index (χ3n) is 3.39. The van der Waals surface area contributed by atoms with Gasteiger partial charge < -0.3 is 14.8 Å². The Labute approximate surface area is 132 Å². The number of fused-ring (bicyclic) bond motifs is 1. The van der Waals surface area contributed by atoms with Crippen molar-refractivity contribution in [1.29, 1.82) is 0 Å². The fourth-order valence-electron chi connectivity index (χ4n) is 2.25. The van der Waals surface area contributed by atoms with Crippen LogP contribution in [0.4, 0.5) is 0 Å². The minimum atomic E-state index is 0.624. The van der Waals surface area contributed by atoms with E-state index in [1.54, 1.807) is 23.1 Å². The summed E-state index contributed by atoms with van der Waals surface area (Å²) < 4.78 is 11.3. The molecule has 21 heavy (non-hydrogen) atoms. The lowest BCUT2D eigenvalue weighted by Gasteiger charge is -2.21.